The molecular weight excluding hydrogens is 313 g/mol. The number of rotatable bonds is 2. The highest BCUT2D eigenvalue weighted by atomic mass is 19.4. The highest BCUT2D eigenvalue weighted by molar-refractivity contribution is 5.91. The fourth-order valence-corrected chi connectivity index (χ4v) is 3.27. The first-order valence-electron chi connectivity index (χ1n) is 7.19. The molecule has 3 rings (SSSR count). The largest absolute Gasteiger partial charge is 0.471 e. The van der Waals surface area contributed by atoms with E-state index in [9.17, 15) is 27.9 Å². The van der Waals surface area contributed by atoms with Crippen LogP contribution in [-0.2, 0) is 15.2 Å². The topological polar surface area (TPSA) is 69.6 Å². The summed E-state index contributed by atoms with van der Waals surface area (Å²) in [5, 5.41) is 12.7. The monoisotopic (exact) mass is 328 g/mol. The zero-order valence-electron chi connectivity index (χ0n) is 12.0. The Morgan fingerprint density at radius 1 is 1.30 bits per heavy atom. The van der Waals surface area contributed by atoms with Gasteiger partial charge in [0.2, 0.25) is 5.91 Å². The van der Waals surface area contributed by atoms with Gasteiger partial charge >= 0.3 is 12.1 Å². The first-order chi connectivity index (χ1) is 10.7. The van der Waals surface area contributed by atoms with Crippen molar-refractivity contribution < 1.29 is 27.9 Å². The van der Waals surface area contributed by atoms with Gasteiger partial charge in [-0.3, -0.25) is 9.59 Å². The molecule has 1 aromatic carbocycles. The van der Waals surface area contributed by atoms with Crippen LogP contribution in [0.4, 0.5) is 13.2 Å². The Hall–Kier alpha value is -2.09. The zero-order valence-corrected chi connectivity index (χ0v) is 12.0. The molecule has 0 spiro atoms. The van der Waals surface area contributed by atoms with Gasteiger partial charge in [0.15, 0.2) is 0 Å². The number of alkyl halides is 3. The number of fused-ring (bicyclic) bond motifs is 1. The third kappa shape index (κ3) is 2.56. The number of carbonyl (C=O) groups excluding carboxylic acids is 2. The van der Waals surface area contributed by atoms with Crippen molar-refractivity contribution in [3.8, 4) is 0 Å². The molecule has 2 aliphatic rings. The number of nitrogens with one attached hydrogen (secondary N) is 1. The molecule has 8 heteroatoms. The molecule has 124 valence electrons. The number of hydrogen-bond donors (Lipinski definition) is 2. The maximum Gasteiger partial charge on any atom is 0.471 e. The van der Waals surface area contributed by atoms with Gasteiger partial charge in [-0.15, -0.1) is 0 Å². The summed E-state index contributed by atoms with van der Waals surface area (Å²) in [5.74, 6) is -2.76. The van der Waals surface area contributed by atoms with Gasteiger partial charge in [0.1, 0.15) is 11.6 Å². The summed E-state index contributed by atoms with van der Waals surface area (Å²) in [6.07, 6.45) is -4.78. The number of nitrogens with zero attached hydrogens (tertiary/aromatic N) is 1. The van der Waals surface area contributed by atoms with E-state index in [1.807, 2.05) is 0 Å². The van der Waals surface area contributed by atoms with Crippen molar-refractivity contribution in [2.45, 2.75) is 36.7 Å². The van der Waals surface area contributed by atoms with E-state index >= 15 is 0 Å². The lowest BCUT2D eigenvalue weighted by molar-refractivity contribution is -0.185. The average Bonchev–Trinajstić information content (AvgIpc) is 2.44. The Balaban J connectivity index is 1.88. The van der Waals surface area contributed by atoms with E-state index in [2.05, 4.69) is 0 Å². The van der Waals surface area contributed by atoms with Crippen LogP contribution in [0.2, 0.25) is 0 Å². The quantitative estimate of drug-likeness (QED) is 0.848. The molecule has 0 bridgehead atoms. The molecule has 3 atom stereocenters. The molecule has 0 radical (unpaired) electrons. The van der Waals surface area contributed by atoms with Crippen LogP contribution in [0.3, 0.4) is 0 Å². The molecule has 2 heterocycles. The lowest BCUT2D eigenvalue weighted by Crippen LogP contribution is -2.71. The van der Waals surface area contributed by atoms with Crippen LogP contribution in [0.15, 0.2) is 30.3 Å². The van der Waals surface area contributed by atoms with E-state index in [4.69, 9.17) is 0 Å². The van der Waals surface area contributed by atoms with E-state index < -0.39 is 35.7 Å². The Labute approximate surface area is 130 Å². The minimum Gasteiger partial charge on any atom is -0.383 e. The molecule has 23 heavy (non-hydrogen) atoms. The standard InChI is InChI=1S/C15H15F3N2O3/c16-15(17,18)13(22)19-10-8-14(23,9-4-2-1-3-5-9)11-6-7-20(11)12(10)21/h1-5,10-11,23H,6-8H2,(H,19,22)/t10-,11+,14-/m0/s1. The molecule has 5 nitrogen and oxygen atoms in total. The van der Waals surface area contributed by atoms with Gasteiger partial charge in [-0.25, -0.2) is 0 Å². The van der Waals surface area contributed by atoms with E-state index in [-0.39, 0.29) is 6.42 Å². The van der Waals surface area contributed by atoms with Crippen molar-refractivity contribution in [1.29, 1.82) is 0 Å². The molecule has 1 aromatic rings. The number of halogens is 3. The summed E-state index contributed by atoms with van der Waals surface area (Å²) in [7, 11) is 0. The summed E-state index contributed by atoms with van der Waals surface area (Å²) in [6, 6.07) is 6.61. The van der Waals surface area contributed by atoms with Crippen LogP contribution < -0.4 is 5.32 Å². The second kappa shape index (κ2) is 5.23. The van der Waals surface area contributed by atoms with Crippen molar-refractivity contribution >= 4 is 11.8 Å². The zero-order chi connectivity index (χ0) is 16.8. The van der Waals surface area contributed by atoms with Crippen LogP contribution >= 0.6 is 0 Å². The molecule has 2 amide bonds. The summed E-state index contributed by atoms with van der Waals surface area (Å²) in [6.45, 7) is 0.358. The number of hydrogen-bond acceptors (Lipinski definition) is 3. The Morgan fingerprint density at radius 2 is 1.96 bits per heavy atom. The van der Waals surface area contributed by atoms with Gasteiger partial charge in [-0.05, 0) is 12.0 Å². The third-order valence-corrected chi connectivity index (χ3v) is 4.50. The minimum atomic E-state index is -5.07. The van der Waals surface area contributed by atoms with E-state index in [0.717, 1.165) is 0 Å². The normalized spacial score (nSPS) is 30.4. The highest BCUT2D eigenvalue weighted by Gasteiger charge is 2.56. The van der Waals surface area contributed by atoms with E-state index in [0.29, 0.717) is 18.5 Å². The van der Waals surface area contributed by atoms with Crippen LogP contribution in [-0.4, -0.2) is 46.6 Å². The fraction of sp³-hybridized carbons (Fsp3) is 0.467. The third-order valence-electron chi connectivity index (χ3n) is 4.50. The molecule has 0 aromatic heterocycles. The summed E-state index contributed by atoms with van der Waals surface area (Å²) in [5.41, 5.74) is -0.954. The molecule has 2 saturated heterocycles. The number of carbonyl (C=O) groups is 2. The number of piperidine rings is 1. The number of benzene rings is 1. The lowest BCUT2D eigenvalue weighted by atomic mass is 9.72. The highest BCUT2D eigenvalue weighted by Crippen LogP contribution is 2.43. The first kappa shape index (κ1) is 15.8. The summed E-state index contributed by atoms with van der Waals surface area (Å²) < 4.78 is 37.3. The van der Waals surface area contributed by atoms with Crippen LogP contribution in [0.1, 0.15) is 18.4 Å². The van der Waals surface area contributed by atoms with Crippen LogP contribution in [0.5, 0.6) is 0 Å². The molecule has 2 N–H and O–H groups in total. The number of amides is 2. The van der Waals surface area contributed by atoms with Gasteiger partial charge in [-0.2, -0.15) is 13.2 Å². The van der Waals surface area contributed by atoms with E-state index in [1.165, 1.54) is 4.90 Å². The van der Waals surface area contributed by atoms with Crippen LogP contribution in [0, 0.1) is 0 Å². The lowest BCUT2D eigenvalue weighted by Gasteiger charge is -2.55. The maximum atomic E-state index is 12.4. The summed E-state index contributed by atoms with van der Waals surface area (Å²) >= 11 is 0. The minimum absolute atomic E-state index is 0.279. The molecule has 2 aliphatic heterocycles. The second-order valence-corrected chi connectivity index (χ2v) is 5.85. The van der Waals surface area contributed by atoms with Gasteiger partial charge in [0.25, 0.3) is 0 Å². The second-order valence-electron chi connectivity index (χ2n) is 5.85. The van der Waals surface area contributed by atoms with Crippen molar-refractivity contribution in [2.75, 3.05) is 6.54 Å². The molecule has 0 aliphatic carbocycles. The first-order valence-corrected chi connectivity index (χ1v) is 7.19. The van der Waals surface area contributed by atoms with Crippen molar-refractivity contribution in [3.05, 3.63) is 35.9 Å². The van der Waals surface area contributed by atoms with Crippen molar-refractivity contribution in [2.24, 2.45) is 0 Å². The fourth-order valence-electron chi connectivity index (χ4n) is 3.27. The Bertz CT molecular complexity index is 635. The predicted octanol–water partition coefficient (Wildman–Crippen LogP) is 0.926. The number of aliphatic hydroxyl groups is 1. The van der Waals surface area contributed by atoms with Gasteiger partial charge in [0, 0.05) is 13.0 Å². The molecule has 0 saturated carbocycles. The maximum absolute atomic E-state index is 12.4. The van der Waals surface area contributed by atoms with Gasteiger partial charge in [0.05, 0.1) is 6.04 Å². The smallest absolute Gasteiger partial charge is 0.383 e. The van der Waals surface area contributed by atoms with Gasteiger partial charge < -0.3 is 15.3 Å². The molecule has 0 unspecified atom stereocenters. The summed E-state index contributed by atoms with van der Waals surface area (Å²) in [4.78, 5) is 24.7. The van der Waals surface area contributed by atoms with Crippen molar-refractivity contribution in [3.63, 3.8) is 0 Å². The molecule has 2 fully saturated rings. The van der Waals surface area contributed by atoms with E-state index in [1.54, 1.807) is 35.6 Å². The Morgan fingerprint density at radius 3 is 2.48 bits per heavy atom. The van der Waals surface area contributed by atoms with Crippen LogP contribution in [0.25, 0.3) is 0 Å². The Kier molecular flexibility index (Phi) is 3.59. The predicted molar refractivity (Wildman–Crippen MR) is 73.1 cm³/mol. The van der Waals surface area contributed by atoms with Gasteiger partial charge in [-0.1, -0.05) is 30.3 Å². The SMILES string of the molecule is O=C1[C@@H](NC(=O)C(F)(F)F)C[C@](O)(c2ccccc2)[C@H]2CCN12. The van der Waals surface area contributed by atoms with Crippen molar-refractivity contribution in [1.82, 2.24) is 10.2 Å². The molecular formula is C15H15F3N2O3. The average molecular weight is 328 g/mol.